The van der Waals surface area contributed by atoms with Crippen molar-refractivity contribution in [3.8, 4) is 0 Å². The van der Waals surface area contributed by atoms with Gasteiger partial charge in [0.15, 0.2) is 11.5 Å². The molecule has 0 radical (unpaired) electrons. The normalized spacial score (nSPS) is 17.0. The molecule has 0 bridgehead atoms. The Morgan fingerprint density at radius 2 is 2.22 bits per heavy atom. The molecule has 0 saturated carbocycles. The predicted molar refractivity (Wildman–Crippen MR) is 92.8 cm³/mol. The number of benzene rings is 1. The number of hydrogen-bond donors (Lipinski definition) is 5. The van der Waals surface area contributed by atoms with Crippen LogP contribution in [0.15, 0.2) is 28.0 Å². The van der Waals surface area contributed by atoms with Crippen molar-refractivity contribution in [3.63, 3.8) is 0 Å². The first kappa shape index (κ1) is 19.0. The van der Waals surface area contributed by atoms with Crippen LogP contribution in [0.2, 0.25) is 0 Å². The third-order valence-electron chi connectivity index (χ3n) is 4.03. The highest BCUT2D eigenvalue weighted by Crippen LogP contribution is 2.32. The van der Waals surface area contributed by atoms with Gasteiger partial charge in [0.05, 0.1) is 6.04 Å². The van der Waals surface area contributed by atoms with Gasteiger partial charge in [0.1, 0.15) is 5.82 Å². The zero-order valence-electron chi connectivity index (χ0n) is 14.0. The number of anilines is 1. The number of nitrogens with zero attached hydrogens (tertiary/aromatic N) is 3. The summed E-state index contributed by atoms with van der Waals surface area (Å²) in [5, 5.41) is 30.5. The van der Waals surface area contributed by atoms with Gasteiger partial charge >= 0.3 is 0 Å². The summed E-state index contributed by atoms with van der Waals surface area (Å²) in [5.74, 6) is -0.220. The fraction of sp³-hybridized carbons (Fsp3) is 0.357. The highest BCUT2D eigenvalue weighted by atomic mass is 32.2. The molecule has 2 aromatic rings. The number of amidine groups is 1. The maximum absolute atomic E-state index is 13.5. The van der Waals surface area contributed by atoms with Crippen LogP contribution in [-0.4, -0.2) is 42.9 Å². The second-order valence-electron chi connectivity index (χ2n) is 5.85. The fourth-order valence-corrected chi connectivity index (χ4v) is 3.25. The first-order valence-corrected chi connectivity index (χ1v) is 9.53. The van der Waals surface area contributed by atoms with Crippen molar-refractivity contribution >= 4 is 21.9 Å². The summed E-state index contributed by atoms with van der Waals surface area (Å²) in [5.41, 5.74) is 1.88. The number of aromatic nitrogens is 2. The molecular weight excluding hydrogens is 381 g/mol. The van der Waals surface area contributed by atoms with Gasteiger partial charge in [-0.15, -0.1) is 0 Å². The zero-order valence-corrected chi connectivity index (χ0v) is 14.8. The van der Waals surface area contributed by atoms with Gasteiger partial charge in [-0.3, -0.25) is 0 Å². The largest absolute Gasteiger partial charge is 0.409 e. The van der Waals surface area contributed by atoms with E-state index in [-0.39, 0.29) is 42.3 Å². The van der Waals surface area contributed by atoms with E-state index in [2.05, 4.69) is 35.5 Å². The Kier molecular flexibility index (Phi) is 5.53. The molecular formula is C14H18FN7O4S. The third-order valence-corrected chi connectivity index (χ3v) is 4.64. The second kappa shape index (κ2) is 7.85. The van der Waals surface area contributed by atoms with Crippen LogP contribution in [-0.2, 0) is 16.6 Å². The average molecular weight is 399 g/mol. The molecule has 146 valence electrons. The summed E-state index contributed by atoms with van der Waals surface area (Å²) in [6.07, 6.45) is 1.44. The zero-order chi connectivity index (χ0) is 19.4. The number of nitrogens with one attached hydrogen (secondary N) is 3. The van der Waals surface area contributed by atoms with E-state index in [4.69, 9.17) is 5.14 Å². The van der Waals surface area contributed by atoms with E-state index >= 15 is 0 Å². The summed E-state index contributed by atoms with van der Waals surface area (Å²) < 4.78 is 42.0. The van der Waals surface area contributed by atoms with Crippen LogP contribution < -0.4 is 20.5 Å². The molecule has 1 aromatic carbocycles. The highest BCUT2D eigenvalue weighted by molar-refractivity contribution is 7.87. The van der Waals surface area contributed by atoms with Gasteiger partial charge in [-0.1, -0.05) is 11.2 Å². The number of aryl methyl sites for hydroxylation is 1. The van der Waals surface area contributed by atoms with Crippen LogP contribution in [0.5, 0.6) is 0 Å². The van der Waals surface area contributed by atoms with E-state index < -0.39 is 10.2 Å². The van der Waals surface area contributed by atoms with Gasteiger partial charge in [-0.25, -0.2) is 18.9 Å². The van der Waals surface area contributed by atoms with Gasteiger partial charge in [0.25, 0.3) is 10.2 Å². The summed E-state index contributed by atoms with van der Waals surface area (Å²) in [6, 6.07) is 4.30. The van der Waals surface area contributed by atoms with Gasteiger partial charge in [-0.05, 0) is 46.4 Å². The Labute approximate surface area is 154 Å². The Morgan fingerprint density at radius 1 is 1.41 bits per heavy atom. The van der Waals surface area contributed by atoms with E-state index in [1.54, 1.807) is 6.07 Å². The lowest BCUT2D eigenvalue weighted by molar-refractivity contribution is 0.303. The lowest BCUT2D eigenvalue weighted by atomic mass is 10.1. The second-order valence-corrected chi connectivity index (χ2v) is 7.23. The molecule has 1 aliphatic rings. The molecule has 1 atom stereocenters. The maximum atomic E-state index is 13.5. The standard InChI is InChI=1S/C14H18FN7O4S/c15-9-3-1-8-2-4-11(10(8)7-9)19-14(20-23)12-13(22-26-21-12)17-5-6-18-27(16,24)25/h1,3,7,11,18,23H,2,4-6H2,(H,17,22)(H,19,20)(H2,16,24,25). The minimum absolute atomic E-state index is 0.000555. The number of oxime groups is 1. The first-order chi connectivity index (χ1) is 12.9. The molecule has 1 aromatic heterocycles. The Hall–Kier alpha value is -2.77. The summed E-state index contributed by atoms with van der Waals surface area (Å²) in [7, 11) is -3.80. The summed E-state index contributed by atoms with van der Waals surface area (Å²) in [4.78, 5) is 0. The van der Waals surface area contributed by atoms with Crippen molar-refractivity contribution in [2.45, 2.75) is 18.9 Å². The predicted octanol–water partition coefficient (Wildman–Crippen LogP) is -0.173. The van der Waals surface area contributed by atoms with Crippen LogP contribution in [0.3, 0.4) is 0 Å². The summed E-state index contributed by atoms with van der Waals surface area (Å²) >= 11 is 0. The third kappa shape index (κ3) is 4.69. The topological polar surface area (TPSA) is 168 Å². The van der Waals surface area contributed by atoms with Crippen molar-refractivity contribution in [2.75, 3.05) is 18.4 Å². The monoisotopic (exact) mass is 399 g/mol. The molecule has 27 heavy (non-hydrogen) atoms. The van der Waals surface area contributed by atoms with E-state index in [0.717, 1.165) is 17.5 Å². The molecule has 1 unspecified atom stereocenters. The van der Waals surface area contributed by atoms with Crippen LogP contribution >= 0.6 is 0 Å². The van der Waals surface area contributed by atoms with Crippen LogP contribution in [0.25, 0.3) is 0 Å². The number of hydrogen-bond acceptors (Lipinski definition) is 8. The summed E-state index contributed by atoms with van der Waals surface area (Å²) in [6.45, 7) is 0.132. The molecule has 11 nitrogen and oxygen atoms in total. The molecule has 0 fully saturated rings. The van der Waals surface area contributed by atoms with Crippen LogP contribution in [0.1, 0.15) is 29.3 Å². The van der Waals surface area contributed by atoms with Gasteiger partial charge in [-0.2, -0.15) is 8.42 Å². The molecule has 13 heteroatoms. The fourth-order valence-electron chi connectivity index (χ4n) is 2.87. The molecule has 1 heterocycles. The highest BCUT2D eigenvalue weighted by Gasteiger charge is 2.27. The molecule has 3 rings (SSSR count). The lowest BCUT2D eigenvalue weighted by Gasteiger charge is -2.15. The molecule has 0 amide bonds. The number of rotatable bonds is 7. The Bertz CT molecular complexity index is 947. The minimum atomic E-state index is -3.80. The quantitative estimate of drug-likeness (QED) is 0.140. The molecule has 0 spiro atoms. The van der Waals surface area contributed by atoms with Gasteiger partial charge in [0, 0.05) is 13.1 Å². The van der Waals surface area contributed by atoms with E-state index in [1.165, 1.54) is 12.1 Å². The van der Waals surface area contributed by atoms with Crippen LogP contribution in [0.4, 0.5) is 10.2 Å². The average Bonchev–Trinajstić information content (AvgIpc) is 3.22. The van der Waals surface area contributed by atoms with Crippen molar-refractivity contribution in [3.05, 3.63) is 40.8 Å². The number of halogens is 1. The van der Waals surface area contributed by atoms with Crippen molar-refractivity contribution < 1.29 is 22.6 Å². The van der Waals surface area contributed by atoms with Crippen LogP contribution in [0, 0.1) is 5.82 Å². The molecule has 1 aliphatic carbocycles. The lowest BCUT2D eigenvalue weighted by Crippen LogP contribution is -2.34. The van der Waals surface area contributed by atoms with Gasteiger partial charge < -0.3 is 15.8 Å². The smallest absolute Gasteiger partial charge is 0.274 e. The first-order valence-electron chi connectivity index (χ1n) is 7.98. The van der Waals surface area contributed by atoms with E-state index in [1.807, 2.05) is 0 Å². The van der Waals surface area contributed by atoms with Crippen molar-refractivity contribution in [1.29, 1.82) is 0 Å². The maximum Gasteiger partial charge on any atom is 0.274 e. The Morgan fingerprint density at radius 3 is 2.96 bits per heavy atom. The number of fused-ring (bicyclic) bond motifs is 1. The van der Waals surface area contributed by atoms with E-state index in [9.17, 15) is 18.0 Å². The SMILES string of the molecule is NS(=O)(=O)NCCNc1nonc1/C(=N/O)NC1CCc2ccc(F)cc21. The minimum Gasteiger partial charge on any atom is -0.409 e. The molecule has 0 saturated heterocycles. The number of nitrogens with two attached hydrogens (primary N) is 1. The van der Waals surface area contributed by atoms with Crippen molar-refractivity contribution in [2.24, 2.45) is 10.3 Å². The molecule has 0 aliphatic heterocycles. The van der Waals surface area contributed by atoms with E-state index in [0.29, 0.717) is 6.42 Å². The Balaban J connectivity index is 1.68. The van der Waals surface area contributed by atoms with Crippen molar-refractivity contribution in [1.82, 2.24) is 20.4 Å². The molecule has 6 N–H and O–H groups in total. The van der Waals surface area contributed by atoms with Gasteiger partial charge in [0.2, 0.25) is 5.82 Å².